The monoisotopic (exact) mass is 410 g/mol. The Hall–Kier alpha value is -2.26. The van der Waals surface area contributed by atoms with Gasteiger partial charge in [-0.1, -0.05) is 0 Å². The van der Waals surface area contributed by atoms with Gasteiger partial charge in [0, 0.05) is 25.2 Å². The van der Waals surface area contributed by atoms with Crippen molar-refractivity contribution in [3.63, 3.8) is 0 Å². The zero-order chi connectivity index (χ0) is 20.1. The average Bonchev–Trinajstić information content (AvgIpc) is 2.69. The maximum absolute atomic E-state index is 12.7. The summed E-state index contributed by atoms with van der Waals surface area (Å²) in [6.07, 6.45) is 7.00. The maximum Gasteiger partial charge on any atom is 0.246 e. The van der Waals surface area contributed by atoms with E-state index >= 15 is 0 Å². The van der Waals surface area contributed by atoms with Crippen LogP contribution in [0.5, 0.6) is 17.2 Å². The first kappa shape index (κ1) is 20.5. The average molecular weight is 410 g/mol. The van der Waals surface area contributed by atoms with Gasteiger partial charge in [-0.2, -0.15) is 0 Å². The molecule has 0 aromatic heterocycles. The van der Waals surface area contributed by atoms with Crippen LogP contribution in [0.3, 0.4) is 0 Å². The minimum absolute atomic E-state index is 0.143. The molecule has 28 heavy (non-hydrogen) atoms. The molecule has 0 radical (unpaired) electrons. The van der Waals surface area contributed by atoms with Gasteiger partial charge in [-0.15, -0.1) is 0 Å². The van der Waals surface area contributed by atoms with E-state index in [0.29, 0.717) is 37.0 Å². The molecular formula is C19H26N2O6S. The van der Waals surface area contributed by atoms with Crippen LogP contribution in [-0.4, -0.2) is 64.9 Å². The summed E-state index contributed by atoms with van der Waals surface area (Å²) in [6, 6.07) is 3.45. The first-order chi connectivity index (χ1) is 13.4. The van der Waals surface area contributed by atoms with Crippen LogP contribution in [0.25, 0.3) is 6.08 Å². The Balaban J connectivity index is 1.73. The van der Waals surface area contributed by atoms with E-state index in [-0.39, 0.29) is 18.5 Å². The first-order valence-corrected chi connectivity index (χ1v) is 11.2. The van der Waals surface area contributed by atoms with Crippen molar-refractivity contribution < 1.29 is 27.4 Å². The third-order valence-corrected chi connectivity index (χ3v) is 5.45. The van der Waals surface area contributed by atoms with Crippen LogP contribution < -0.4 is 18.9 Å². The lowest BCUT2D eigenvalue weighted by molar-refractivity contribution is -0.129. The van der Waals surface area contributed by atoms with Crippen molar-refractivity contribution in [1.82, 2.24) is 9.62 Å². The highest BCUT2D eigenvalue weighted by Gasteiger charge is 2.26. The number of rotatable bonds is 6. The molecule has 2 aliphatic heterocycles. The molecule has 3 rings (SSSR count). The highest BCUT2D eigenvalue weighted by atomic mass is 32.2. The van der Waals surface area contributed by atoms with Gasteiger partial charge in [-0.25, -0.2) is 13.1 Å². The molecule has 154 valence electrons. The number of benzene rings is 1. The van der Waals surface area contributed by atoms with E-state index in [0.717, 1.165) is 31.1 Å². The predicted molar refractivity (Wildman–Crippen MR) is 105 cm³/mol. The molecule has 1 atom stereocenters. The van der Waals surface area contributed by atoms with Crippen molar-refractivity contribution in [2.45, 2.75) is 25.3 Å². The Morgan fingerprint density at radius 2 is 2.11 bits per heavy atom. The van der Waals surface area contributed by atoms with E-state index in [2.05, 4.69) is 4.72 Å². The van der Waals surface area contributed by atoms with Gasteiger partial charge < -0.3 is 19.1 Å². The van der Waals surface area contributed by atoms with Gasteiger partial charge in [0.2, 0.25) is 21.7 Å². The molecule has 0 spiro atoms. The van der Waals surface area contributed by atoms with Crippen molar-refractivity contribution in [2.75, 3.05) is 39.7 Å². The maximum atomic E-state index is 12.7. The van der Waals surface area contributed by atoms with Gasteiger partial charge in [0.25, 0.3) is 0 Å². The number of methoxy groups -OCH3 is 1. The number of carbonyl (C=O) groups excluding carboxylic acids is 1. The molecule has 0 saturated carbocycles. The fourth-order valence-corrected chi connectivity index (χ4v) is 3.90. The van der Waals surface area contributed by atoms with E-state index in [1.807, 2.05) is 0 Å². The van der Waals surface area contributed by atoms with Crippen LogP contribution in [0.15, 0.2) is 18.2 Å². The fraction of sp³-hybridized carbons (Fsp3) is 0.526. The van der Waals surface area contributed by atoms with Crippen LogP contribution in [0.2, 0.25) is 0 Å². The summed E-state index contributed by atoms with van der Waals surface area (Å²) in [6.45, 7) is 1.78. The molecule has 1 aromatic rings. The summed E-state index contributed by atoms with van der Waals surface area (Å²) in [4.78, 5) is 14.5. The van der Waals surface area contributed by atoms with Crippen LogP contribution in [0, 0.1) is 0 Å². The molecular weight excluding hydrogens is 384 g/mol. The fourth-order valence-electron chi connectivity index (χ4n) is 3.40. The molecule has 0 bridgehead atoms. The van der Waals surface area contributed by atoms with Crippen molar-refractivity contribution >= 4 is 22.0 Å². The highest BCUT2D eigenvalue weighted by molar-refractivity contribution is 7.88. The smallest absolute Gasteiger partial charge is 0.246 e. The zero-order valence-corrected chi connectivity index (χ0v) is 17.0. The molecule has 1 unspecified atom stereocenters. The van der Waals surface area contributed by atoms with Crippen LogP contribution in [0.1, 0.15) is 24.8 Å². The van der Waals surface area contributed by atoms with Crippen molar-refractivity contribution in [3.8, 4) is 17.2 Å². The Bertz CT molecular complexity index is 835. The van der Waals surface area contributed by atoms with Gasteiger partial charge in [0.15, 0.2) is 11.5 Å². The third kappa shape index (κ3) is 5.17. The van der Waals surface area contributed by atoms with Gasteiger partial charge in [0.1, 0.15) is 13.2 Å². The molecule has 1 aromatic carbocycles. The quantitative estimate of drug-likeness (QED) is 0.713. The van der Waals surface area contributed by atoms with E-state index in [4.69, 9.17) is 14.2 Å². The van der Waals surface area contributed by atoms with Gasteiger partial charge in [-0.05, 0) is 43.0 Å². The predicted octanol–water partition coefficient (Wildman–Crippen LogP) is 1.41. The number of nitrogens with one attached hydrogen (secondary N) is 1. The molecule has 2 heterocycles. The van der Waals surface area contributed by atoms with Crippen molar-refractivity contribution in [2.24, 2.45) is 0 Å². The zero-order valence-electron chi connectivity index (χ0n) is 16.1. The van der Waals surface area contributed by atoms with Gasteiger partial charge in [-0.3, -0.25) is 4.79 Å². The lowest BCUT2D eigenvalue weighted by atomic mass is 10.0. The molecule has 0 aliphatic carbocycles. The summed E-state index contributed by atoms with van der Waals surface area (Å²) in [7, 11) is -1.74. The number of nitrogens with zero attached hydrogens (tertiary/aromatic N) is 1. The second kappa shape index (κ2) is 8.83. The SMILES string of the molecule is COc1cc(/C=C/C(=O)N2CCCCC2CNS(C)(=O)=O)cc2c1OCCO2. The number of amides is 1. The van der Waals surface area contributed by atoms with Crippen LogP contribution >= 0.6 is 0 Å². The van der Waals surface area contributed by atoms with Crippen LogP contribution in [-0.2, 0) is 14.8 Å². The highest BCUT2D eigenvalue weighted by Crippen LogP contribution is 2.40. The van der Waals surface area contributed by atoms with Crippen molar-refractivity contribution in [3.05, 3.63) is 23.8 Å². The molecule has 9 heteroatoms. The molecule has 8 nitrogen and oxygen atoms in total. The molecule has 1 saturated heterocycles. The summed E-state index contributed by atoms with van der Waals surface area (Å²) in [5.74, 6) is 1.57. The molecule has 1 fully saturated rings. The van der Waals surface area contributed by atoms with E-state index in [1.165, 1.54) is 6.08 Å². The summed E-state index contributed by atoms with van der Waals surface area (Å²) < 4.78 is 41.8. The number of hydrogen-bond donors (Lipinski definition) is 1. The number of piperidine rings is 1. The molecule has 1 amide bonds. The Morgan fingerprint density at radius 1 is 1.32 bits per heavy atom. The number of carbonyl (C=O) groups is 1. The number of sulfonamides is 1. The Kier molecular flexibility index (Phi) is 6.46. The van der Waals surface area contributed by atoms with Gasteiger partial charge >= 0.3 is 0 Å². The number of likely N-dealkylation sites (tertiary alicyclic amines) is 1. The third-order valence-electron chi connectivity index (χ3n) is 4.76. The number of fused-ring (bicyclic) bond motifs is 1. The second-order valence-electron chi connectivity index (χ2n) is 6.88. The Labute approximate surface area is 165 Å². The lowest BCUT2D eigenvalue weighted by Gasteiger charge is -2.35. The lowest BCUT2D eigenvalue weighted by Crippen LogP contribution is -2.48. The summed E-state index contributed by atoms with van der Waals surface area (Å²) >= 11 is 0. The normalized spacial score (nSPS) is 19.6. The summed E-state index contributed by atoms with van der Waals surface area (Å²) in [5, 5.41) is 0. The number of hydrogen-bond acceptors (Lipinski definition) is 6. The second-order valence-corrected chi connectivity index (χ2v) is 8.72. The van der Waals surface area contributed by atoms with E-state index < -0.39 is 10.0 Å². The van der Waals surface area contributed by atoms with E-state index in [1.54, 1.807) is 30.2 Å². The van der Waals surface area contributed by atoms with Crippen LogP contribution in [0.4, 0.5) is 0 Å². The van der Waals surface area contributed by atoms with Gasteiger partial charge in [0.05, 0.1) is 13.4 Å². The minimum atomic E-state index is -3.29. The minimum Gasteiger partial charge on any atom is -0.493 e. The molecule has 1 N–H and O–H groups in total. The number of ether oxygens (including phenoxy) is 3. The topological polar surface area (TPSA) is 94.2 Å². The molecule has 2 aliphatic rings. The standard InChI is InChI=1S/C19H26N2O6S/c1-25-16-11-14(12-17-19(16)27-10-9-26-17)6-7-18(22)21-8-4-3-5-15(21)13-20-28(2,23)24/h6-7,11-12,15,20H,3-5,8-10,13H2,1-2H3/b7-6+. The largest absolute Gasteiger partial charge is 0.493 e. The van der Waals surface area contributed by atoms with Crippen molar-refractivity contribution in [1.29, 1.82) is 0 Å². The first-order valence-electron chi connectivity index (χ1n) is 9.28. The summed E-state index contributed by atoms with van der Waals surface area (Å²) in [5.41, 5.74) is 0.761. The van der Waals surface area contributed by atoms with E-state index in [9.17, 15) is 13.2 Å². The Morgan fingerprint density at radius 3 is 2.86 bits per heavy atom.